The molecule has 1 aliphatic rings. The molecule has 1 aromatic carbocycles. The van der Waals surface area contributed by atoms with Crippen molar-refractivity contribution in [3.05, 3.63) is 35.1 Å². The third-order valence-electron chi connectivity index (χ3n) is 3.74. The highest BCUT2D eigenvalue weighted by atomic mass is 19.1. The van der Waals surface area contributed by atoms with Crippen molar-refractivity contribution < 1.29 is 18.7 Å². The molecule has 0 saturated carbocycles. The highest BCUT2D eigenvalue weighted by Crippen LogP contribution is 2.30. The smallest absolute Gasteiger partial charge is 0.305 e. The summed E-state index contributed by atoms with van der Waals surface area (Å²) >= 11 is 0. The van der Waals surface area contributed by atoms with Gasteiger partial charge in [-0.3, -0.25) is 9.59 Å². The van der Waals surface area contributed by atoms with Crippen LogP contribution in [0, 0.1) is 11.7 Å². The summed E-state index contributed by atoms with van der Waals surface area (Å²) in [7, 11) is 0. The number of carbonyl (C=O) groups is 2. The lowest BCUT2D eigenvalue weighted by Crippen LogP contribution is -2.23. The van der Waals surface area contributed by atoms with E-state index in [9.17, 15) is 14.0 Å². The first-order chi connectivity index (χ1) is 9.63. The lowest BCUT2D eigenvalue weighted by atomic mass is 9.80. The van der Waals surface area contributed by atoms with Gasteiger partial charge in [0.25, 0.3) is 0 Å². The van der Waals surface area contributed by atoms with Crippen molar-refractivity contribution in [2.45, 2.75) is 39.0 Å². The van der Waals surface area contributed by atoms with Crippen LogP contribution in [0.5, 0.6) is 0 Å². The maximum Gasteiger partial charge on any atom is 0.305 e. The third-order valence-corrected chi connectivity index (χ3v) is 3.74. The van der Waals surface area contributed by atoms with Gasteiger partial charge in [0.05, 0.1) is 6.61 Å². The maximum absolute atomic E-state index is 13.6. The van der Waals surface area contributed by atoms with Crippen LogP contribution in [0.2, 0.25) is 0 Å². The number of fused-ring (bicyclic) bond motifs is 1. The van der Waals surface area contributed by atoms with Crippen LogP contribution >= 0.6 is 0 Å². The number of ether oxygens (including phenoxy) is 1. The lowest BCUT2D eigenvalue weighted by molar-refractivity contribution is -0.143. The van der Waals surface area contributed by atoms with Crippen LogP contribution in [0.25, 0.3) is 0 Å². The molecule has 20 heavy (non-hydrogen) atoms. The van der Waals surface area contributed by atoms with Crippen molar-refractivity contribution in [1.29, 1.82) is 0 Å². The topological polar surface area (TPSA) is 43.4 Å². The zero-order valence-electron chi connectivity index (χ0n) is 11.7. The average Bonchev–Trinajstić information content (AvgIpc) is 2.42. The van der Waals surface area contributed by atoms with Gasteiger partial charge in [-0.2, -0.15) is 0 Å². The summed E-state index contributed by atoms with van der Waals surface area (Å²) in [4.78, 5) is 23.5. The van der Waals surface area contributed by atoms with E-state index in [0.29, 0.717) is 49.8 Å². The molecular weight excluding hydrogens is 259 g/mol. The fraction of sp³-hybridized carbons (Fsp3) is 0.500. The fourth-order valence-electron chi connectivity index (χ4n) is 2.71. The first kappa shape index (κ1) is 14.7. The molecule has 108 valence electrons. The second-order valence-corrected chi connectivity index (χ2v) is 5.06. The molecule has 3 nitrogen and oxygen atoms in total. The molecule has 0 amide bonds. The zero-order chi connectivity index (χ0) is 14.5. The fourth-order valence-corrected chi connectivity index (χ4v) is 2.71. The Bertz CT molecular complexity index is 510. The van der Waals surface area contributed by atoms with Crippen molar-refractivity contribution in [2.75, 3.05) is 6.61 Å². The van der Waals surface area contributed by atoms with Crippen molar-refractivity contribution in [1.82, 2.24) is 0 Å². The molecular formula is C16H19FO3. The SMILES string of the molecule is CCOC(=O)CCCC1CCc2c(F)cccc2C1=O. The highest BCUT2D eigenvalue weighted by Gasteiger charge is 2.28. The predicted octanol–water partition coefficient (Wildman–Crippen LogP) is 3.30. The molecule has 1 unspecified atom stereocenters. The van der Waals surface area contributed by atoms with Gasteiger partial charge >= 0.3 is 5.97 Å². The van der Waals surface area contributed by atoms with E-state index >= 15 is 0 Å². The van der Waals surface area contributed by atoms with Crippen molar-refractivity contribution in [2.24, 2.45) is 5.92 Å². The number of hydrogen-bond donors (Lipinski definition) is 0. The second-order valence-electron chi connectivity index (χ2n) is 5.06. The van der Waals surface area contributed by atoms with Crippen molar-refractivity contribution in [3.8, 4) is 0 Å². The molecule has 0 spiro atoms. The number of ketones is 1. The van der Waals surface area contributed by atoms with Crippen LogP contribution in [0.15, 0.2) is 18.2 Å². The number of esters is 1. The van der Waals surface area contributed by atoms with Gasteiger partial charge in [-0.15, -0.1) is 0 Å². The van der Waals surface area contributed by atoms with Crippen LogP contribution in [0.3, 0.4) is 0 Å². The van der Waals surface area contributed by atoms with E-state index in [1.54, 1.807) is 19.1 Å². The Morgan fingerprint density at radius 1 is 1.45 bits per heavy atom. The molecule has 0 aromatic heterocycles. The summed E-state index contributed by atoms with van der Waals surface area (Å²) in [6.07, 6.45) is 2.90. The van der Waals surface area contributed by atoms with Crippen molar-refractivity contribution >= 4 is 11.8 Å². The monoisotopic (exact) mass is 278 g/mol. The maximum atomic E-state index is 13.6. The molecule has 1 aromatic rings. The molecule has 1 atom stereocenters. The van der Waals surface area contributed by atoms with Gasteiger partial charge in [0, 0.05) is 17.9 Å². The lowest BCUT2D eigenvalue weighted by Gasteiger charge is -2.23. The van der Waals surface area contributed by atoms with Crippen LogP contribution in [-0.2, 0) is 16.0 Å². The Labute approximate surface area is 118 Å². The predicted molar refractivity (Wildman–Crippen MR) is 73.0 cm³/mol. The van der Waals surface area contributed by atoms with Gasteiger partial charge in [0.1, 0.15) is 5.82 Å². The summed E-state index contributed by atoms with van der Waals surface area (Å²) in [5.41, 5.74) is 1.05. The number of hydrogen-bond acceptors (Lipinski definition) is 3. The minimum Gasteiger partial charge on any atom is -0.466 e. The molecule has 1 aliphatic carbocycles. The molecule has 0 bridgehead atoms. The molecule has 0 aliphatic heterocycles. The Hall–Kier alpha value is -1.71. The first-order valence-electron chi connectivity index (χ1n) is 7.10. The summed E-state index contributed by atoms with van der Waals surface area (Å²) < 4.78 is 18.5. The summed E-state index contributed by atoms with van der Waals surface area (Å²) in [6, 6.07) is 4.67. The summed E-state index contributed by atoms with van der Waals surface area (Å²) in [5.74, 6) is -0.601. The minimum atomic E-state index is -0.291. The molecule has 2 rings (SSSR count). The van der Waals surface area contributed by atoms with Gasteiger partial charge in [-0.1, -0.05) is 12.1 Å². The largest absolute Gasteiger partial charge is 0.466 e. The summed E-state index contributed by atoms with van der Waals surface area (Å²) in [6.45, 7) is 2.15. The van der Waals surface area contributed by atoms with Crippen LogP contribution in [-0.4, -0.2) is 18.4 Å². The molecule has 0 fully saturated rings. The second kappa shape index (κ2) is 6.64. The van der Waals surface area contributed by atoms with E-state index in [2.05, 4.69) is 0 Å². The Morgan fingerprint density at radius 3 is 3.00 bits per heavy atom. The molecule has 0 radical (unpaired) electrons. The molecule has 0 heterocycles. The Balaban J connectivity index is 1.93. The number of carbonyl (C=O) groups excluding carboxylic acids is 2. The van der Waals surface area contributed by atoms with Gasteiger partial charge in [-0.25, -0.2) is 4.39 Å². The van der Waals surface area contributed by atoms with E-state index in [1.165, 1.54) is 6.07 Å². The molecule has 4 heteroatoms. The quantitative estimate of drug-likeness (QED) is 0.776. The number of halogens is 1. The van der Waals surface area contributed by atoms with E-state index in [4.69, 9.17) is 4.74 Å². The van der Waals surface area contributed by atoms with Crippen LogP contribution in [0.4, 0.5) is 4.39 Å². The minimum absolute atomic E-state index is 0.00890. The summed E-state index contributed by atoms with van der Waals surface area (Å²) in [5, 5.41) is 0. The molecule has 0 saturated heterocycles. The van der Waals surface area contributed by atoms with E-state index in [0.717, 1.165) is 0 Å². The van der Waals surface area contributed by atoms with Crippen molar-refractivity contribution in [3.63, 3.8) is 0 Å². The van der Waals surface area contributed by atoms with Gasteiger partial charge in [0.2, 0.25) is 0 Å². The normalized spacial score (nSPS) is 17.7. The van der Waals surface area contributed by atoms with E-state index in [1.807, 2.05) is 0 Å². The van der Waals surface area contributed by atoms with Crippen LogP contribution < -0.4 is 0 Å². The zero-order valence-corrected chi connectivity index (χ0v) is 11.7. The Kier molecular flexibility index (Phi) is 4.88. The third kappa shape index (κ3) is 3.24. The van der Waals surface area contributed by atoms with E-state index in [-0.39, 0.29) is 23.5 Å². The highest BCUT2D eigenvalue weighted by molar-refractivity contribution is 6.00. The number of benzene rings is 1. The van der Waals surface area contributed by atoms with Gasteiger partial charge < -0.3 is 4.74 Å². The van der Waals surface area contributed by atoms with Gasteiger partial charge in [0.15, 0.2) is 5.78 Å². The standard InChI is InChI=1S/C16H19FO3/c1-2-20-15(18)8-3-5-11-9-10-12-13(16(11)19)6-4-7-14(12)17/h4,6-7,11H,2-3,5,8-10H2,1H3. The first-order valence-corrected chi connectivity index (χ1v) is 7.10. The van der Waals surface area contributed by atoms with E-state index < -0.39 is 0 Å². The Morgan fingerprint density at radius 2 is 2.25 bits per heavy atom. The van der Waals surface area contributed by atoms with Gasteiger partial charge in [-0.05, 0) is 44.2 Å². The number of Topliss-reactive ketones (excluding diaryl/α,β-unsaturated/α-hetero) is 1. The molecule has 0 N–H and O–H groups in total. The number of rotatable bonds is 5. The van der Waals surface area contributed by atoms with Crippen LogP contribution in [0.1, 0.15) is 48.5 Å². The average molecular weight is 278 g/mol.